The fourth-order valence-corrected chi connectivity index (χ4v) is 7.90. The van der Waals surface area contributed by atoms with E-state index < -0.39 is 0 Å². The second-order valence-corrected chi connectivity index (χ2v) is 12.9. The lowest BCUT2D eigenvalue weighted by atomic mass is 9.61. The summed E-state index contributed by atoms with van der Waals surface area (Å²) in [5.74, 6) is 3.39. The van der Waals surface area contributed by atoms with Gasteiger partial charge < -0.3 is 14.9 Å². The van der Waals surface area contributed by atoms with Gasteiger partial charge in [-0.05, 0) is 105 Å². The first kappa shape index (κ1) is 25.1. The van der Waals surface area contributed by atoms with Crippen molar-refractivity contribution in [3.63, 3.8) is 0 Å². The normalized spacial score (nSPS) is 35.9. The molecule has 3 heteroatoms. The Bertz CT molecular complexity index is 955. The lowest BCUT2D eigenvalue weighted by Gasteiger charge is -2.44. The minimum Gasteiger partial charge on any atom is -0.493 e. The Morgan fingerprint density at radius 2 is 1.77 bits per heavy atom. The van der Waals surface area contributed by atoms with Crippen molar-refractivity contribution in [2.75, 3.05) is 6.61 Å². The number of allylic oxidation sites excluding steroid dienone is 3. The first-order valence-electron chi connectivity index (χ1n) is 14.2. The molecule has 4 aliphatic carbocycles. The lowest BCUT2D eigenvalue weighted by Crippen LogP contribution is -2.39. The van der Waals surface area contributed by atoms with Crippen LogP contribution < -0.4 is 4.74 Å². The number of hydrogen-bond donors (Lipinski definition) is 2. The molecular weight excluding hydrogens is 432 g/mol. The summed E-state index contributed by atoms with van der Waals surface area (Å²) in [4.78, 5) is 0. The predicted octanol–water partition coefficient (Wildman–Crippen LogP) is 7.19. The maximum atomic E-state index is 10.6. The molecule has 5 rings (SSSR count). The highest BCUT2D eigenvalue weighted by Gasteiger charge is 2.56. The Balaban J connectivity index is 1.24. The molecule has 1 aromatic rings. The predicted molar refractivity (Wildman–Crippen MR) is 142 cm³/mol. The Labute approximate surface area is 212 Å². The van der Waals surface area contributed by atoms with Crippen LogP contribution in [-0.2, 0) is 0 Å². The minimum absolute atomic E-state index is 0.180. The van der Waals surface area contributed by atoms with E-state index in [1.165, 1.54) is 43.2 Å². The molecule has 4 aliphatic rings. The number of rotatable bonds is 6. The largest absolute Gasteiger partial charge is 0.493 e. The van der Waals surface area contributed by atoms with Crippen molar-refractivity contribution in [3.8, 4) is 5.75 Å². The number of aliphatic hydroxyl groups is 2. The summed E-state index contributed by atoms with van der Waals surface area (Å²) in [6, 6.07) is 8.60. The average molecular weight is 479 g/mol. The van der Waals surface area contributed by atoms with Gasteiger partial charge in [0.15, 0.2) is 0 Å². The van der Waals surface area contributed by atoms with E-state index in [1.54, 1.807) is 5.57 Å². The molecule has 6 atom stereocenters. The molecule has 0 radical (unpaired) electrons. The molecule has 2 N–H and O–H groups in total. The lowest BCUT2D eigenvalue weighted by molar-refractivity contribution is -0.0225. The summed E-state index contributed by atoms with van der Waals surface area (Å²) >= 11 is 0. The number of hydrogen-bond acceptors (Lipinski definition) is 3. The van der Waals surface area contributed by atoms with Crippen molar-refractivity contribution in [3.05, 3.63) is 53.1 Å². The van der Waals surface area contributed by atoms with Crippen LogP contribution in [0.25, 0.3) is 0 Å². The molecule has 3 nitrogen and oxygen atoms in total. The number of fused-ring (bicyclic) bond motifs is 1. The fourth-order valence-electron chi connectivity index (χ4n) is 7.90. The fraction of sp³-hybridized carbons (Fsp3) is 0.688. The number of ether oxygens (including phenoxy) is 1. The monoisotopic (exact) mass is 478 g/mol. The molecule has 192 valence electrons. The molecule has 4 saturated carbocycles. The quantitative estimate of drug-likeness (QED) is 0.455. The topological polar surface area (TPSA) is 49.7 Å². The van der Waals surface area contributed by atoms with Gasteiger partial charge in [-0.25, -0.2) is 0 Å². The molecule has 0 amide bonds. The van der Waals surface area contributed by atoms with Crippen molar-refractivity contribution < 1.29 is 14.9 Å². The summed E-state index contributed by atoms with van der Waals surface area (Å²) < 4.78 is 6.32. The van der Waals surface area contributed by atoms with E-state index in [0.29, 0.717) is 29.1 Å². The average Bonchev–Trinajstić information content (AvgIpc) is 3.56. The van der Waals surface area contributed by atoms with E-state index in [0.717, 1.165) is 38.0 Å². The SMILES string of the molecule is CC(C)c1cccc(OCC(C)C2CCC3C(=CC=C4CC(O)C5(CC5)C(O)C4)CCCC32C)c1. The van der Waals surface area contributed by atoms with Crippen LogP contribution in [0.2, 0.25) is 0 Å². The molecule has 6 unspecified atom stereocenters. The molecule has 0 aromatic heterocycles. The zero-order valence-electron chi connectivity index (χ0n) is 22.3. The molecule has 0 saturated heterocycles. The Morgan fingerprint density at radius 1 is 1.03 bits per heavy atom. The van der Waals surface area contributed by atoms with Gasteiger partial charge in [-0.3, -0.25) is 0 Å². The third kappa shape index (κ3) is 4.76. The van der Waals surface area contributed by atoms with Crippen LogP contribution in [0.4, 0.5) is 0 Å². The number of benzene rings is 1. The summed E-state index contributed by atoms with van der Waals surface area (Å²) in [7, 11) is 0. The second-order valence-electron chi connectivity index (χ2n) is 12.9. The van der Waals surface area contributed by atoms with Crippen LogP contribution in [0, 0.1) is 28.6 Å². The van der Waals surface area contributed by atoms with Gasteiger partial charge in [-0.15, -0.1) is 0 Å². The van der Waals surface area contributed by atoms with Crippen LogP contribution in [0.5, 0.6) is 5.75 Å². The van der Waals surface area contributed by atoms with Crippen LogP contribution in [-0.4, -0.2) is 29.0 Å². The standard InChI is InChI=1S/C32H46O3/c1-21(2)25-7-5-9-26(19-25)35-20-22(3)27-12-13-28-24(8-6-14-31(27,28)4)11-10-23-17-29(33)32(15-16-32)30(34)18-23/h5,7,9-11,19,21-22,27-30,33-34H,6,8,12-18,20H2,1-4H3. The van der Waals surface area contributed by atoms with E-state index in [9.17, 15) is 10.2 Å². The first-order chi connectivity index (χ1) is 16.7. The van der Waals surface area contributed by atoms with Gasteiger partial charge in [0.2, 0.25) is 0 Å². The summed E-state index contributed by atoms with van der Waals surface area (Å²) in [6.45, 7) is 10.2. The van der Waals surface area contributed by atoms with E-state index in [-0.39, 0.29) is 17.6 Å². The highest BCUT2D eigenvalue weighted by molar-refractivity contribution is 5.31. The third-order valence-corrected chi connectivity index (χ3v) is 10.4. The molecule has 0 heterocycles. The highest BCUT2D eigenvalue weighted by Crippen LogP contribution is 2.60. The molecule has 1 spiro atoms. The summed E-state index contributed by atoms with van der Waals surface area (Å²) in [5, 5.41) is 21.2. The Hall–Kier alpha value is -1.58. The molecule has 4 fully saturated rings. The van der Waals surface area contributed by atoms with E-state index in [1.807, 2.05) is 0 Å². The van der Waals surface area contributed by atoms with Crippen LogP contribution in [0.1, 0.15) is 97.0 Å². The molecule has 0 bridgehead atoms. The van der Waals surface area contributed by atoms with E-state index in [2.05, 4.69) is 64.1 Å². The summed E-state index contributed by atoms with van der Waals surface area (Å²) in [6.07, 6.45) is 13.6. The second kappa shape index (κ2) is 9.71. The maximum Gasteiger partial charge on any atom is 0.119 e. The smallest absolute Gasteiger partial charge is 0.119 e. The molecule has 0 aliphatic heterocycles. The van der Waals surface area contributed by atoms with Crippen molar-refractivity contribution in [1.82, 2.24) is 0 Å². The van der Waals surface area contributed by atoms with Gasteiger partial charge in [0, 0.05) is 5.41 Å². The number of aliphatic hydroxyl groups excluding tert-OH is 2. The Kier molecular flexibility index (Phi) is 6.96. The van der Waals surface area contributed by atoms with E-state index >= 15 is 0 Å². The molecule has 1 aromatic carbocycles. The van der Waals surface area contributed by atoms with Gasteiger partial charge in [0.05, 0.1) is 18.8 Å². The molecule has 35 heavy (non-hydrogen) atoms. The zero-order valence-corrected chi connectivity index (χ0v) is 22.3. The third-order valence-electron chi connectivity index (χ3n) is 10.4. The molecular formula is C32H46O3. The Morgan fingerprint density at radius 3 is 2.46 bits per heavy atom. The van der Waals surface area contributed by atoms with E-state index in [4.69, 9.17) is 4.74 Å². The van der Waals surface area contributed by atoms with Crippen molar-refractivity contribution in [1.29, 1.82) is 0 Å². The zero-order chi connectivity index (χ0) is 24.8. The van der Waals surface area contributed by atoms with Crippen LogP contribution in [0.3, 0.4) is 0 Å². The van der Waals surface area contributed by atoms with Crippen molar-refractivity contribution in [2.45, 2.75) is 104 Å². The van der Waals surface area contributed by atoms with Gasteiger partial charge in [0.1, 0.15) is 5.75 Å². The van der Waals surface area contributed by atoms with Gasteiger partial charge in [0.25, 0.3) is 0 Å². The highest BCUT2D eigenvalue weighted by atomic mass is 16.5. The summed E-state index contributed by atoms with van der Waals surface area (Å²) in [5.41, 5.74) is 4.32. The van der Waals surface area contributed by atoms with Crippen LogP contribution in [0.15, 0.2) is 47.6 Å². The van der Waals surface area contributed by atoms with Gasteiger partial charge in [-0.1, -0.05) is 63.1 Å². The first-order valence-corrected chi connectivity index (χ1v) is 14.2. The van der Waals surface area contributed by atoms with Gasteiger partial charge in [-0.2, -0.15) is 0 Å². The van der Waals surface area contributed by atoms with Crippen molar-refractivity contribution in [2.24, 2.45) is 28.6 Å². The van der Waals surface area contributed by atoms with Gasteiger partial charge >= 0.3 is 0 Å². The maximum absolute atomic E-state index is 10.6. The van der Waals surface area contributed by atoms with Crippen molar-refractivity contribution >= 4 is 0 Å². The van der Waals surface area contributed by atoms with Crippen LogP contribution >= 0.6 is 0 Å². The minimum atomic E-state index is -0.370.